The zero-order valence-electron chi connectivity index (χ0n) is 15.8. The first-order valence-electron chi connectivity index (χ1n) is 10.1. The summed E-state index contributed by atoms with van der Waals surface area (Å²) in [5, 5.41) is 4.35. The number of halogens is 3. The predicted molar refractivity (Wildman–Crippen MR) is 113 cm³/mol. The molecule has 0 radical (unpaired) electrons. The number of hydrogen-bond acceptors (Lipinski definition) is 3. The number of furan rings is 1. The molecule has 0 atom stereocenters. The van der Waals surface area contributed by atoms with Gasteiger partial charge in [-0.15, -0.1) is 0 Å². The molecule has 7 heteroatoms. The van der Waals surface area contributed by atoms with Gasteiger partial charge in [-0.1, -0.05) is 34.8 Å². The molecule has 0 aliphatic heterocycles. The second kappa shape index (κ2) is 7.72. The van der Waals surface area contributed by atoms with Gasteiger partial charge in [0, 0.05) is 11.1 Å². The van der Waals surface area contributed by atoms with Gasteiger partial charge in [-0.25, -0.2) is 0 Å². The lowest BCUT2D eigenvalue weighted by Gasteiger charge is -2.54. The van der Waals surface area contributed by atoms with Gasteiger partial charge in [0.05, 0.1) is 10.0 Å². The van der Waals surface area contributed by atoms with E-state index in [9.17, 15) is 4.79 Å². The van der Waals surface area contributed by atoms with Crippen LogP contribution in [0.25, 0.3) is 0 Å². The van der Waals surface area contributed by atoms with Gasteiger partial charge in [-0.05, 0) is 80.0 Å². The van der Waals surface area contributed by atoms with Gasteiger partial charge in [-0.3, -0.25) is 4.79 Å². The van der Waals surface area contributed by atoms with Gasteiger partial charge < -0.3 is 14.5 Å². The smallest absolute Gasteiger partial charge is 0.287 e. The molecule has 0 spiro atoms. The minimum Gasteiger partial charge on any atom is -0.483 e. The Morgan fingerprint density at radius 3 is 2.24 bits per heavy atom. The minimum absolute atomic E-state index is 0.117. The molecule has 1 amide bonds. The summed E-state index contributed by atoms with van der Waals surface area (Å²) in [5.41, 5.74) is 0. The molecule has 4 saturated carbocycles. The Morgan fingerprint density at radius 1 is 1.00 bits per heavy atom. The maximum Gasteiger partial charge on any atom is 0.287 e. The van der Waals surface area contributed by atoms with Crippen LogP contribution in [0.3, 0.4) is 0 Å². The number of amides is 1. The van der Waals surface area contributed by atoms with E-state index in [0.29, 0.717) is 44.2 Å². The summed E-state index contributed by atoms with van der Waals surface area (Å²) in [5.74, 6) is 4.05. The van der Waals surface area contributed by atoms with E-state index >= 15 is 0 Å². The molecule has 29 heavy (non-hydrogen) atoms. The molecule has 1 aromatic carbocycles. The molecule has 154 valence electrons. The number of nitrogens with one attached hydrogen (secondary N) is 1. The largest absolute Gasteiger partial charge is 0.483 e. The third-order valence-corrected chi connectivity index (χ3v) is 7.51. The fraction of sp³-hybridized carbons (Fsp3) is 0.500. The fourth-order valence-electron chi connectivity index (χ4n) is 5.77. The standard InChI is InChI=1S/C22H22Cl3NO3/c23-15-8-17(24)21(18(25)9-15)28-10-16-1-2-19(29-16)22(27)26-20-13-4-11-3-12(6-13)7-14(20)5-11/h1-2,8-9,11-14,20H,3-7,10H2,(H,26,27). The average molecular weight is 455 g/mol. The number of carbonyl (C=O) groups excluding carboxylic acids is 1. The number of carbonyl (C=O) groups is 1. The van der Waals surface area contributed by atoms with Crippen LogP contribution >= 0.6 is 34.8 Å². The maximum atomic E-state index is 12.8. The van der Waals surface area contributed by atoms with Crippen molar-refractivity contribution in [3.05, 3.63) is 50.9 Å². The average Bonchev–Trinajstić information content (AvgIpc) is 3.12. The van der Waals surface area contributed by atoms with E-state index in [2.05, 4.69) is 5.32 Å². The molecule has 6 rings (SSSR count). The summed E-state index contributed by atoms with van der Waals surface area (Å²) >= 11 is 18.2. The van der Waals surface area contributed by atoms with Gasteiger partial charge >= 0.3 is 0 Å². The summed E-state index contributed by atoms with van der Waals surface area (Å²) in [4.78, 5) is 12.8. The number of ether oxygens (including phenoxy) is 1. The van der Waals surface area contributed by atoms with Crippen LogP contribution in [-0.4, -0.2) is 11.9 Å². The van der Waals surface area contributed by atoms with Crippen LogP contribution in [-0.2, 0) is 6.61 Å². The third-order valence-electron chi connectivity index (χ3n) is 6.73. The monoisotopic (exact) mass is 453 g/mol. The minimum atomic E-state index is -0.142. The van der Waals surface area contributed by atoms with E-state index < -0.39 is 0 Å². The van der Waals surface area contributed by atoms with E-state index in [1.54, 1.807) is 24.3 Å². The second-order valence-corrected chi connectivity index (χ2v) is 9.93. The molecule has 0 unspecified atom stereocenters. The molecule has 4 aliphatic rings. The summed E-state index contributed by atoms with van der Waals surface area (Å²) in [6.45, 7) is 0.117. The highest BCUT2D eigenvalue weighted by molar-refractivity contribution is 6.40. The first-order valence-corrected chi connectivity index (χ1v) is 11.3. The highest BCUT2D eigenvalue weighted by Crippen LogP contribution is 2.53. The van der Waals surface area contributed by atoms with Crippen molar-refractivity contribution < 1.29 is 13.9 Å². The molecule has 1 aromatic heterocycles. The van der Waals surface area contributed by atoms with Crippen LogP contribution in [0.15, 0.2) is 28.7 Å². The van der Waals surface area contributed by atoms with Crippen LogP contribution in [0, 0.1) is 23.7 Å². The lowest BCUT2D eigenvalue weighted by molar-refractivity contribution is -0.0123. The Labute approximate surface area is 184 Å². The van der Waals surface area contributed by atoms with Crippen LogP contribution in [0.5, 0.6) is 5.75 Å². The quantitative estimate of drug-likeness (QED) is 0.571. The van der Waals surface area contributed by atoms with Crippen molar-refractivity contribution in [2.45, 2.75) is 44.8 Å². The summed E-state index contributed by atoms with van der Waals surface area (Å²) in [7, 11) is 0. The van der Waals surface area contributed by atoms with E-state index in [-0.39, 0.29) is 18.6 Å². The van der Waals surface area contributed by atoms with Gasteiger partial charge in [0.1, 0.15) is 12.4 Å². The number of benzene rings is 1. The highest BCUT2D eigenvalue weighted by Gasteiger charge is 2.48. The van der Waals surface area contributed by atoms with Gasteiger partial charge in [0.15, 0.2) is 11.5 Å². The van der Waals surface area contributed by atoms with Gasteiger partial charge in [0.25, 0.3) is 5.91 Å². The lowest BCUT2D eigenvalue weighted by Crippen LogP contribution is -2.55. The van der Waals surface area contributed by atoms with Gasteiger partial charge in [0.2, 0.25) is 0 Å². The third kappa shape index (κ3) is 3.87. The normalized spacial score (nSPS) is 29.8. The van der Waals surface area contributed by atoms with Gasteiger partial charge in [-0.2, -0.15) is 0 Å². The zero-order chi connectivity index (χ0) is 20.1. The molecular formula is C22H22Cl3NO3. The predicted octanol–water partition coefficient (Wildman–Crippen LogP) is 6.37. The second-order valence-electron chi connectivity index (χ2n) is 8.68. The Bertz CT molecular complexity index is 890. The topological polar surface area (TPSA) is 51.5 Å². The summed E-state index contributed by atoms with van der Waals surface area (Å²) < 4.78 is 11.4. The summed E-state index contributed by atoms with van der Waals surface area (Å²) in [6, 6.07) is 6.84. The van der Waals surface area contributed by atoms with E-state index in [0.717, 1.165) is 11.8 Å². The Kier molecular flexibility index (Phi) is 5.21. The van der Waals surface area contributed by atoms with Crippen molar-refractivity contribution >= 4 is 40.7 Å². The van der Waals surface area contributed by atoms with Crippen molar-refractivity contribution in [3.8, 4) is 5.75 Å². The van der Waals surface area contributed by atoms with E-state index in [1.165, 1.54) is 32.1 Å². The highest BCUT2D eigenvalue weighted by atomic mass is 35.5. The molecule has 1 heterocycles. The molecule has 4 aliphatic carbocycles. The fourth-order valence-corrected chi connectivity index (χ4v) is 6.70. The van der Waals surface area contributed by atoms with Crippen molar-refractivity contribution in [2.75, 3.05) is 0 Å². The van der Waals surface area contributed by atoms with Crippen LogP contribution < -0.4 is 10.1 Å². The number of rotatable bonds is 5. The molecular weight excluding hydrogens is 433 g/mol. The zero-order valence-corrected chi connectivity index (χ0v) is 18.1. The Balaban J connectivity index is 1.22. The summed E-state index contributed by atoms with van der Waals surface area (Å²) in [6.07, 6.45) is 6.45. The molecule has 0 saturated heterocycles. The van der Waals surface area contributed by atoms with Crippen molar-refractivity contribution in [1.82, 2.24) is 5.32 Å². The van der Waals surface area contributed by atoms with Crippen LogP contribution in [0.2, 0.25) is 15.1 Å². The van der Waals surface area contributed by atoms with Crippen molar-refractivity contribution in [2.24, 2.45) is 23.7 Å². The first-order chi connectivity index (χ1) is 14.0. The SMILES string of the molecule is O=C(NC1C2CC3CC(C2)CC1C3)c1ccc(COc2c(Cl)cc(Cl)cc2Cl)o1. The molecule has 4 bridgehead atoms. The Morgan fingerprint density at radius 2 is 1.62 bits per heavy atom. The molecule has 4 fully saturated rings. The maximum absolute atomic E-state index is 12.8. The molecule has 1 N–H and O–H groups in total. The van der Waals surface area contributed by atoms with E-state index in [1.807, 2.05) is 0 Å². The van der Waals surface area contributed by atoms with Crippen molar-refractivity contribution in [3.63, 3.8) is 0 Å². The molecule has 2 aromatic rings. The first kappa shape index (κ1) is 19.6. The van der Waals surface area contributed by atoms with E-state index in [4.69, 9.17) is 44.0 Å². The van der Waals surface area contributed by atoms with Crippen molar-refractivity contribution in [1.29, 1.82) is 0 Å². The van der Waals surface area contributed by atoms with Crippen LogP contribution in [0.4, 0.5) is 0 Å². The lowest BCUT2D eigenvalue weighted by atomic mass is 9.54. The molecule has 4 nitrogen and oxygen atoms in total. The number of hydrogen-bond donors (Lipinski definition) is 1. The van der Waals surface area contributed by atoms with Crippen LogP contribution in [0.1, 0.15) is 48.4 Å². The Hall–Kier alpha value is -1.36.